The standard InChI is InChI=1S/C20H25NO7S/c1-19(2)14-5-6-20(19,16(22)10-14)11-29(25,26)21-15-8-12(17(23)27-3)7-13(9-15)18(24)28-4/h7-9,14,21H,5-6,10-11H2,1-4H3/t14-,20+/m0/s1. The van der Waals surface area contributed by atoms with Crippen molar-refractivity contribution in [2.75, 3.05) is 24.7 Å². The summed E-state index contributed by atoms with van der Waals surface area (Å²) in [6.45, 7) is 3.91. The van der Waals surface area contributed by atoms with Crippen LogP contribution in [0, 0.1) is 16.7 Å². The fraction of sp³-hybridized carbons (Fsp3) is 0.550. The minimum atomic E-state index is -3.94. The molecule has 29 heavy (non-hydrogen) atoms. The van der Waals surface area contributed by atoms with Crippen LogP contribution in [0.25, 0.3) is 0 Å². The van der Waals surface area contributed by atoms with Gasteiger partial charge in [0.15, 0.2) is 0 Å². The van der Waals surface area contributed by atoms with Gasteiger partial charge in [0.1, 0.15) is 5.78 Å². The number of methoxy groups -OCH3 is 2. The Hall–Kier alpha value is -2.42. The van der Waals surface area contributed by atoms with Crippen LogP contribution in [0.2, 0.25) is 0 Å². The Bertz CT molecular complexity index is 948. The molecule has 9 heteroatoms. The largest absolute Gasteiger partial charge is 0.465 e. The van der Waals surface area contributed by atoms with Crippen molar-refractivity contribution in [2.45, 2.75) is 33.1 Å². The number of carbonyl (C=O) groups excluding carboxylic acids is 3. The number of sulfonamides is 1. The van der Waals surface area contributed by atoms with Crippen molar-refractivity contribution in [3.05, 3.63) is 29.3 Å². The molecule has 2 aliphatic rings. The molecular weight excluding hydrogens is 398 g/mol. The number of esters is 2. The first kappa shape index (κ1) is 21.3. The maximum Gasteiger partial charge on any atom is 0.337 e. The second-order valence-electron chi connectivity index (χ2n) is 8.31. The smallest absolute Gasteiger partial charge is 0.337 e. The van der Waals surface area contributed by atoms with Gasteiger partial charge < -0.3 is 9.47 Å². The molecular formula is C20H25NO7S. The first-order valence-electron chi connectivity index (χ1n) is 9.31. The molecule has 2 fully saturated rings. The van der Waals surface area contributed by atoms with Gasteiger partial charge in [-0.3, -0.25) is 9.52 Å². The molecule has 2 aliphatic carbocycles. The van der Waals surface area contributed by atoms with Crippen molar-refractivity contribution in [1.82, 2.24) is 0 Å². The molecule has 1 aromatic carbocycles. The summed E-state index contributed by atoms with van der Waals surface area (Å²) < 4.78 is 37.7. The zero-order valence-corrected chi connectivity index (χ0v) is 17.7. The maximum absolute atomic E-state index is 13.0. The SMILES string of the molecule is COC(=O)c1cc(NS(=O)(=O)C[C@]23CC[C@@H](CC2=O)C3(C)C)cc(C(=O)OC)c1. The van der Waals surface area contributed by atoms with E-state index in [-0.39, 0.29) is 34.3 Å². The fourth-order valence-electron chi connectivity index (χ4n) is 4.81. The van der Waals surface area contributed by atoms with Crippen molar-refractivity contribution in [2.24, 2.45) is 16.7 Å². The van der Waals surface area contributed by atoms with Crippen LogP contribution in [0.15, 0.2) is 18.2 Å². The Labute approximate surface area is 170 Å². The van der Waals surface area contributed by atoms with E-state index in [1.54, 1.807) is 0 Å². The highest BCUT2D eigenvalue weighted by Gasteiger charge is 2.65. The van der Waals surface area contributed by atoms with Crippen molar-refractivity contribution in [3.8, 4) is 0 Å². The van der Waals surface area contributed by atoms with Crippen molar-refractivity contribution in [3.63, 3.8) is 0 Å². The second kappa shape index (κ2) is 7.12. The fourth-order valence-corrected chi connectivity index (χ4v) is 6.68. The molecule has 158 valence electrons. The van der Waals surface area contributed by atoms with Crippen LogP contribution < -0.4 is 4.72 Å². The average Bonchev–Trinajstić information content (AvgIpc) is 2.99. The molecule has 1 N–H and O–H groups in total. The highest BCUT2D eigenvalue weighted by molar-refractivity contribution is 7.92. The van der Waals surface area contributed by atoms with E-state index in [2.05, 4.69) is 14.2 Å². The van der Waals surface area contributed by atoms with Gasteiger partial charge in [0.05, 0.1) is 42.2 Å². The number of ether oxygens (including phenoxy) is 2. The normalized spacial score (nSPS) is 25.0. The van der Waals surface area contributed by atoms with E-state index in [0.717, 1.165) is 6.42 Å². The summed E-state index contributed by atoms with van der Waals surface area (Å²) in [5, 5.41) is 0. The number of ketones is 1. The van der Waals surface area contributed by atoms with E-state index in [4.69, 9.17) is 0 Å². The van der Waals surface area contributed by atoms with Gasteiger partial charge >= 0.3 is 11.9 Å². The first-order valence-corrected chi connectivity index (χ1v) is 11.0. The summed E-state index contributed by atoms with van der Waals surface area (Å²) >= 11 is 0. The highest BCUT2D eigenvalue weighted by Crippen LogP contribution is 2.64. The Morgan fingerprint density at radius 3 is 2.07 bits per heavy atom. The van der Waals surface area contributed by atoms with Crippen LogP contribution in [0.1, 0.15) is 53.8 Å². The number of fused-ring (bicyclic) bond motifs is 2. The van der Waals surface area contributed by atoms with Crippen LogP contribution in [-0.4, -0.2) is 46.1 Å². The summed E-state index contributed by atoms with van der Waals surface area (Å²) in [5.74, 6) is -1.60. The van der Waals surface area contributed by atoms with E-state index in [1.807, 2.05) is 13.8 Å². The lowest BCUT2D eigenvalue weighted by Crippen LogP contribution is -2.43. The van der Waals surface area contributed by atoms with Gasteiger partial charge in [-0.2, -0.15) is 0 Å². The van der Waals surface area contributed by atoms with E-state index < -0.39 is 32.8 Å². The quantitative estimate of drug-likeness (QED) is 0.699. The van der Waals surface area contributed by atoms with E-state index in [1.165, 1.54) is 32.4 Å². The molecule has 0 amide bonds. The van der Waals surface area contributed by atoms with E-state index in [0.29, 0.717) is 12.8 Å². The lowest BCUT2D eigenvalue weighted by Gasteiger charge is -2.36. The maximum atomic E-state index is 13.0. The molecule has 0 aliphatic heterocycles. The third-order valence-corrected chi connectivity index (χ3v) is 8.04. The minimum absolute atomic E-state index is 0.00414. The summed E-state index contributed by atoms with van der Waals surface area (Å²) in [4.78, 5) is 36.5. The Morgan fingerprint density at radius 2 is 1.66 bits per heavy atom. The second-order valence-corrected chi connectivity index (χ2v) is 10.0. The number of rotatable bonds is 6. The average molecular weight is 423 g/mol. The Kier molecular flexibility index (Phi) is 5.23. The summed E-state index contributed by atoms with van der Waals surface area (Å²) in [7, 11) is -1.58. The number of carbonyl (C=O) groups is 3. The first-order chi connectivity index (χ1) is 13.5. The molecule has 0 radical (unpaired) electrons. The topological polar surface area (TPSA) is 116 Å². The molecule has 2 saturated carbocycles. The molecule has 3 rings (SSSR count). The van der Waals surface area contributed by atoms with Gasteiger partial charge in [0, 0.05) is 6.42 Å². The van der Waals surface area contributed by atoms with Gasteiger partial charge in [-0.05, 0) is 42.4 Å². The van der Waals surface area contributed by atoms with Gasteiger partial charge in [0.2, 0.25) is 10.0 Å². The van der Waals surface area contributed by atoms with E-state index in [9.17, 15) is 22.8 Å². The monoisotopic (exact) mass is 423 g/mol. The molecule has 0 aromatic heterocycles. The highest BCUT2D eigenvalue weighted by atomic mass is 32.2. The lowest BCUT2D eigenvalue weighted by molar-refractivity contribution is -0.128. The van der Waals surface area contributed by atoms with Crippen LogP contribution in [0.5, 0.6) is 0 Å². The van der Waals surface area contributed by atoms with Crippen molar-refractivity contribution >= 4 is 33.4 Å². The molecule has 8 nitrogen and oxygen atoms in total. The van der Waals surface area contributed by atoms with Crippen LogP contribution >= 0.6 is 0 Å². The number of anilines is 1. The molecule has 1 aromatic rings. The zero-order valence-electron chi connectivity index (χ0n) is 16.9. The number of Topliss-reactive ketones (excluding diaryl/α,β-unsaturated/α-hetero) is 1. The Morgan fingerprint density at radius 1 is 1.10 bits per heavy atom. The Balaban J connectivity index is 1.93. The number of hydrogen-bond donors (Lipinski definition) is 1. The molecule has 0 heterocycles. The van der Waals surface area contributed by atoms with E-state index >= 15 is 0 Å². The third-order valence-electron chi connectivity index (χ3n) is 6.62. The van der Waals surface area contributed by atoms with Gasteiger partial charge in [0.25, 0.3) is 0 Å². The molecule has 0 unspecified atom stereocenters. The van der Waals surface area contributed by atoms with Crippen LogP contribution in [-0.2, 0) is 24.3 Å². The van der Waals surface area contributed by atoms with Crippen LogP contribution in [0.3, 0.4) is 0 Å². The predicted molar refractivity (Wildman–Crippen MR) is 105 cm³/mol. The number of nitrogens with one attached hydrogen (secondary N) is 1. The molecule has 0 saturated heterocycles. The number of benzene rings is 1. The molecule has 2 bridgehead atoms. The van der Waals surface area contributed by atoms with Crippen LogP contribution in [0.4, 0.5) is 5.69 Å². The summed E-state index contributed by atoms with van der Waals surface area (Å²) in [6.07, 6.45) is 1.78. The summed E-state index contributed by atoms with van der Waals surface area (Å²) in [6, 6.07) is 3.83. The predicted octanol–water partition coefficient (Wildman–Crippen LogP) is 2.40. The van der Waals surface area contributed by atoms with Gasteiger partial charge in [-0.1, -0.05) is 13.8 Å². The molecule has 0 spiro atoms. The van der Waals surface area contributed by atoms with Gasteiger partial charge in [-0.25, -0.2) is 18.0 Å². The molecule has 2 atom stereocenters. The third kappa shape index (κ3) is 3.52. The zero-order chi connectivity index (χ0) is 21.6. The van der Waals surface area contributed by atoms with Crippen molar-refractivity contribution < 1.29 is 32.3 Å². The number of hydrogen-bond acceptors (Lipinski definition) is 7. The van der Waals surface area contributed by atoms with Crippen molar-refractivity contribution in [1.29, 1.82) is 0 Å². The summed E-state index contributed by atoms with van der Waals surface area (Å²) in [5.41, 5.74) is -1.28. The van der Waals surface area contributed by atoms with Gasteiger partial charge in [-0.15, -0.1) is 0 Å². The minimum Gasteiger partial charge on any atom is -0.465 e. The lowest BCUT2D eigenvalue weighted by atomic mass is 9.70.